The van der Waals surface area contributed by atoms with E-state index in [0.717, 1.165) is 31.4 Å². The van der Waals surface area contributed by atoms with Crippen molar-refractivity contribution in [2.45, 2.75) is 38.3 Å². The minimum atomic E-state index is 0.170. The molecule has 2 rings (SSSR count). The molecule has 1 saturated carbocycles. The van der Waals surface area contributed by atoms with Gasteiger partial charge in [-0.2, -0.15) is 0 Å². The molecule has 2 N–H and O–H groups in total. The second kappa shape index (κ2) is 7.09. The Kier molecular flexibility index (Phi) is 5.15. The van der Waals surface area contributed by atoms with Gasteiger partial charge in [0.15, 0.2) is 0 Å². The van der Waals surface area contributed by atoms with Crippen molar-refractivity contribution in [1.82, 2.24) is 15.6 Å². The van der Waals surface area contributed by atoms with E-state index in [0.29, 0.717) is 24.9 Å². The Bertz CT molecular complexity index is 419. The van der Waals surface area contributed by atoms with E-state index in [4.69, 9.17) is 4.74 Å². The number of hydrogen-bond acceptors (Lipinski definition) is 4. The van der Waals surface area contributed by atoms with Gasteiger partial charge in [-0.1, -0.05) is 6.07 Å². The van der Waals surface area contributed by atoms with Crippen LogP contribution in [0.5, 0.6) is 5.88 Å². The van der Waals surface area contributed by atoms with Crippen LogP contribution in [-0.4, -0.2) is 30.6 Å². The monoisotopic (exact) mass is 263 g/mol. The molecule has 0 aromatic carbocycles. The van der Waals surface area contributed by atoms with Crippen molar-refractivity contribution >= 4 is 5.91 Å². The third kappa shape index (κ3) is 4.87. The first-order valence-electron chi connectivity index (χ1n) is 6.77. The van der Waals surface area contributed by atoms with Crippen molar-refractivity contribution < 1.29 is 9.53 Å². The fraction of sp³-hybridized carbons (Fsp3) is 0.571. The summed E-state index contributed by atoms with van der Waals surface area (Å²) in [5.74, 6) is 0.824. The van der Waals surface area contributed by atoms with Gasteiger partial charge in [-0.15, -0.1) is 0 Å². The second-order valence-corrected chi connectivity index (χ2v) is 4.79. The SMILES string of the molecule is COc1ncccc1CNCCCC(=O)NC1CC1. The number of rotatable bonds is 8. The molecule has 1 aromatic rings. The lowest BCUT2D eigenvalue weighted by Gasteiger charge is -2.08. The molecule has 1 aromatic heterocycles. The second-order valence-electron chi connectivity index (χ2n) is 4.79. The maximum absolute atomic E-state index is 11.5. The molecule has 104 valence electrons. The van der Waals surface area contributed by atoms with E-state index in [1.807, 2.05) is 12.1 Å². The van der Waals surface area contributed by atoms with Crippen LogP contribution < -0.4 is 15.4 Å². The Morgan fingerprint density at radius 3 is 3.11 bits per heavy atom. The van der Waals surface area contributed by atoms with Crippen molar-refractivity contribution in [1.29, 1.82) is 0 Å². The smallest absolute Gasteiger partial charge is 0.220 e. The van der Waals surface area contributed by atoms with Gasteiger partial charge in [0, 0.05) is 30.8 Å². The number of amides is 1. The van der Waals surface area contributed by atoms with Gasteiger partial charge in [-0.05, 0) is 31.9 Å². The number of ether oxygens (including phenoxy) is 1. The van der Waals surface area contributed by atoms with Crippen LogP contribution in [0.1, 0.15) is 31.2 Å². The molecule has 0 unspecified atom stereocenters. The molecule has 0 atom stereocenters. The minimum Gasteiger partial charge on any atom is -0.481 e. The summed E-state index contributed by atoms with van der Waals surface area (Å²) in [5, 5.41) is 6.28. The zero-order chi connectivity index (χ0) is 13.5. The third-order valence-corrected chi connectivity index (χ3v) is 3.06. The van der Waals surface area contributed by atoms with Gasteiger partial charge in [0.25, 0.3) is 0 Å². The number of hydrogen-bond donors (Lipinski definition) is 2. The molecule has 0 bridgehead atoms. The molecular weight excluding hydrogens is 242 g/mol. The lowest BCUT2D eigenvalue weighted by molar-refractivity contribution is -0.121. The van der Waals surface area contributed by atoms with Gasteiger partial charge in [0.2, 0.25) is 11.8 Å². The summed E-state index contributed by atoms with van der Waals surface area (Å²) in [4.78, 5) is 15.6. The highest BCUT2D eigenvalue weighted by Gasteiger charge is 2.22. The van der Waals surface area contributed by atoms with Gasteiger partial charge in [0.1, 0.15) is 0 Å². The lowest BCUT2D eigenvalue weighted by Crippen LogP contribution is -2.26. The Morgan fingerprint density at radius 2 is 2.37 bits per heavy atom. The van der Waals surface area contributed by atoms with Crippen LogP contribution >= 0.6 is 0 Å². The number of nitrogens with one attached hydrogen (secondary N) is 2. The van der Waals surface area contributed by atoms with Gasteiger partial charge in [0.05, 0.1) is 7.11 Å². The standard InChI is InChI=1S/C14H21N3O2/c1-19-14-11(4-2-9-16-14)10-15-8-3-5-13(18)17-12-6-7-12/h2,4,9,12,15H,3,5-8,10H2,1H3,(H,17,18). The van der Waals surface area contributed by atoms with E-state index in [-0.39, 0.29) is 5.91 Å². The maximum Gasteiger partial charge on any atom is 0.220 e. The molecule has 1 heterocycles. The van der Waals surface area contributed by atoms with E-state index in [2.05, 4.69) is 15.6 Å². The molecule has 1 aliphatic carbocycles. The molecule has 19 heavy (non-hydrogen) atoms. The Hall–Kier alpha value is -1.62. The summed E-state index contributed by atoms with van der Waals surface area (Å²) in [6.45, 7) is 1.53. The summed E-state index contributed by atoms with van der Waals surface area (Å²) < 4.78 is 5.18. The maximum atomic E-state index is 11.5. The average molecular weight is 263 g/mol. The normalized spacial score (nSPS) is 14.2. The fourth-order valence-electron chi connectivity index (χ4n) is 1.87. The fourth-order valence-corrected chi connectivity index (χ4v) is 1.87. The van der Waals surface area contributed by atoms with Crippen LogP contribution in [0.4, 0.5) is 0 Å². The first-order valence-corrected chi connectivity index (χ1v) is 6.77. The summed E-state index contributed by atoms with van der Waals surface area (Å²) >= 11 is 0. The molecule has 0 radical (unpaired) electrons. The minimum absolute atomic E-state index is 0.170. The summed E-state index contributed by atoms with van der Waals surface area (Å²) in [7, 11) is 1.62. The molecule has 0 aliphatic heterocycles. The molecule has 1 amide bonds. The van der Waals surface area contributed by atoms with Crippen molar-refractivity contribution in [2.75, 3.05) is 13.7 Å². The Morgan fingerprint density at radius 1 is 1.53 bits per heavy atom. The number of aromatic nitrogens is 1. The summed E-state index contributed by atoms with van der Waals surface area (Å²) in [6, 6.07) is 4.33. The first-order chi connectivity index (χ1) is 9.29. The Labute approximate surface area is 113 Å². The zero-order valence-corrected chi connectivity index (χ0v) is 11.3. The van der Waals surface area contributed by atoms with Gasteiger partial charge >= 0.3 is 0 Å². The van der Waals surface area contributed by atoms with E-state index >= 15 is 0 Å². The summed E-state index contributed by atoms with van der Waals surface area (Å²) in [5.41, 5.74) is 1.03. The van der Waals surface area contributed by atoms with E-state index in [9.17, 15) is 4.79 Å². The van der Waals surface area contributed by atoms with E-state index < -0.39 is 0 Å². The molecule has 1 aliphatic rings. The van der Waals surface area contributed by atoms with Crippen LogP contribution in [-0.2, 0) is 11.3 Å². The molecule has 0 spiro atoms. The van der Waals surface area contributed by atoms with Gasteiger partial charge in [-0.3, -0.25) is 4.79 Å². The van der Waals surface area contributed by atoms with Crippen LogP contribution in [0, 0.1) is 0 Å². The molecule has 5 nitrogen and oxygen atoms in total. The lowest BCUT2D eigenvalue weighted by atomic mass is 10.2. The van der Waals surface area contributed by atoms with Crippen LogP contribution in [0.15, 0.2) is 18.3 Å². The number of carbonyl (C=O) groups excluding carboxylic acids is 1. The Balaban J connectivity index is 1.59. The topological polar surface area (TPSA) is 63.2 Å². The van der Waals surface area contributed by atoms with Crippen molar-refractivity contribution in [3.8, 4) is 5.88 Å². The van der Waals surface area contributed by atoms with Crippen LogP contribution in [0.3, 0.4) is 0 Å². The third-order valence-electron chi connectivity index (χ3n) is 3.06. The van der Waals surface area contributed by atoms with Crippen molar-refractivity contribution in [3.05, 3.63) is 23.9 Å². The highest BCUT2D eigenvalue weighted by molar-refractivity contribution is 5.76. The highest BCUT2D eigenvalue weighted by Crippen LogP contribution is 2.18. The van der Waals surface area contributed by atoms with Crippen LogP contribution in [0.2, 0.25) is 0 Å². The number of methoxy groups -OCH3 is 1. The zero-order valence-electron chi connectivity index (χ0n) is 11.3. The number of carbonyl (C=O) groups is 1. The van der Waals surface area contributed by atoms with Crippen molar-refractivity contribution in [3.63, 3.8) is 0 Å². The van der Waals surface area contributed by atoms with Crippen LogP contribution in [0.25, 0.3) is 0 Å². The number of nitrogens with zero attached hydrogens (tertiary/aromatic N) is 1. The van der Waals surface area contributed by atoms with Gasteiger partial charge in [-0.25, -0.2) is 4.98 Å². The predicted octanol–water partition coefficient (Wildman–Crippen LogP) is 1.24. The predicted molar refractivity (Wildman–Crippen MR) is 72.9 cm³/mol. The summed E-state index contributed by atoms with van der Waals surface area (Å²) in [6.07, 6.45) is 5.44. The molecule has 1 fully saturated rings. The molecule has 0 saturated heterocycles. The average Bonchev–Trinajstić information content (AvgIpc) is 3.22. The highest BCUT2D eigenvalue weighted by atomic mass is 16.5. The van der Waals surface area contributed by atoms with E-state index in [1.165, 1.54) is 0 Å². The molecule has 5 heteroatoms. The molecular formula is C14H21N3O2. The quantitative estimate of drug-likeness (QED) is 0.693. The van der Waals surface area contributed by atoms with Crippen molar-refractivity contribution in [2.24, 2.45) is 0 Å². The first kappa shape index (κ1) is 13.8. The van der Waals surface area contributed by atoms with Gasteiger partial charge < -0.3 is 15.4 Å². The largest absolute Gasteiger partial charge is 0.481 e. The van der Waals surface area contributed by atoms with E-state index in [1.54, 1.807) is 13.3 Å². The number of pyridine rings is 1.